The van der Waals surface area contributed by atoms with Gasteiger partial charge in [0.1, 0.15) is 0 Å². The maximum Gasteiger partial charge on any atom is 0.0118 e. The Hall–Kier alpha value is -0.480. The summed E-state index contributed by atoms with van der Waals surface area (Å²) in [6, 6.07) is 0.381. The van der Waals surface area contributed by atoms with Crippen molar-refractivity contribution in [2.75, 3.05) is 0 Å². The first kappa shape index (κ1) is 11.6. The molecule has 0 radical (unpaired) electrons. The third-order valence-electron chi connectivity index (χ3n) is 3.52. The lowest BCUT2D eigenvalue weighted by molar-refractivity contribution is 0.101. The number of terminal acetylenes is 1. The highest BCUT2D eigenvalue weighted by atomic mass is 14.6. The molecule has 80 valence electrons. The standard InChI is InChI=1S/C13H23N/c1-5-6-10-9-11(14)7-8-12(10)13(2,3)4/h1,10-12H,6-9,14H2,2-4H3. The van der Waals surface area contributed by atoms with Crippen molar-refractivity contribution in [1.29, 1.82) is 0 Å². The SMILES string of the molecule is C#CCC1CC(N)CCC1C(C)(C)C. The van der Waals surface area contributed by atoms with Crippen LogP contribution in [-0.4, -0.2) is 6.04 Å². The highest BCUT2D eigenvalue weighted by Gasteiger charge is 2.35. The van der Waals surface area contributed by atoms with Crippen LogP contribution in [-0.2, 0) is 0 Å². The smallest absolute Gasteiger partial charge is 0.0118 e. The zero-order valence-electron chi connectivity index (χ0n) is 9.72. The van der Waals surface area contributed by atoms with E-state index in [4.69, 9.17) is 12.2 Å². The molecule has 0 aromatic rings. The number of rotatable bonds is 1. The van der Waals surface area contributed by atoms with Gasteiger partial charge in [-0.15, -0.1) is 12.3 Å². The highest BCUT2D eigenvalue weighted by Crippen LogP contribution is 2.42. The van der Waals surface area contributed by atoms with E-state index in [1.165, 1.54) is 12.8 Å². The van der Waals surface area contributed by atoms with Crippen LogP contribution in [0.15, 0.2) is 0 Å². The van der Waals surface area contributed by atoms with Crippen molar-refractivity contribution in [3.05, 3.63) is 0 Å². The molecule has 3 atom stereocenters. The van der Waals surface area contributed by atoms with E-state index in [9.17, 15) is 0 Å². The average Bonchev–Trinajstić information content (AvgIpc) is 2.02. The fourth-order valence-electron chi connectivity index (χ4n) is 2.82. The molecule has 0 saturated heterocycles. The van der Waals surface area contributed by atoms with Crippen LogP contribution in [0.1, 0.15) is 46.5 Å². The molecular formula is C13H23N. The largest absolute Gasteiger partial charge is 0.328 e. The van der Waals surface area contributed by atoms with E-state index in [1.54, 1.807) is 0 Å². The summed E-state index contributed by atoms with van der Waals surface area (Å²) in [7, 11) is 0. The molecule has 0 aromatic heterocycles. The van der Waals surface area contributed by atoms with E-state index in [1.807, 2.05) is 0 Å². The van der Waals surface area contributed by atoms with E-state index < -0.39 is 0 Å². The zero-order chi connectivity index (χ0) is 10.8. The second kappa shape index (κ2) is 4.36. The Morgan fingerprint density at radius 3 is 2.50 bits per heavy atom. The van der Waals surface area contributed by atoms with Crippen LogP contribution < -0.4 is 5.73 Å². The molecule has 3 unspecified atom stereocenters. The van der Waals surface area contributed by atoms with Gasteiger partial charge >= 0.3 is 0 Å². The van der Waals surface area contributed by atoms with Crippen molar-refractivity contribution in [3.8, 4) is 12.3 Å². The third-order valence-corrected chi connectivity index (χ3v) is 3.52. The molecular weight excluding hydrogens is 170 g/mol. The van der Waals surface area contributed by atoms with Gasteiger partial charge in [0, 0.05) is 12.5 Å². The molecule has 0 amide bonds. The van der Waals surface area contributed by atoms with Crippen LogP contribution in [0, 0.1) is 29.6 Å². The summed E-state index contributed by atoms with van der Waals surface area (Å²) in [4.78, 5) is 0. The number of nitrogens with two attached hydrogens (primary N) is 1. The third kappa shape index (κ3) is 2.75. The van der Waals surface area contributed by atoms with Gasteiger partial charge in [0.25, 0.3) is 0 Å². The van der Waals surface area contributed by atoms with Gasteiger partial charge in [-0.1, -0.05) is 20.8 Å². The minimum atomic E-state index is 0.377. The molecule has 1 saturated carbocycles. The first-order valence-electron chi connectivity index (χ1n) is 5.64. The lowest BCUT2D eigenvalue weighted by atomic mass is 9.64. The molecule has 0 aromatic carbocycles. The maximum absolute atomic E-state index is 5.99. The Morgan fingerprint density at radius 1 is 1.36 bits per heavy atom. The minimum Gasteiger partial charge on any atom is -0.328 e. The second-order valence-corrected chi connectivity index (χ2v) is 5.71. The summed E-state index contributed by atoms with van der Waals surface area (Å²) in [6.07, 6.45) is 9.85. The molecule has 1 aliphatic rings. The van der Waals surface area contributed by atoms with Gasteiger partial charge in [0.05, 0.1) is 0 Å². The van der Waals surface area contributed by atoms with Gasteiger partial charge in [0.2, 0.25) is 0 Å². The molecule has 1 rings (SSSR count). The van der Waals surface area contributed by atoms with E-state index >= 15 is 0 Å². The van der Waals surface area contributed by atoms with E-state index in [0.717, 1.165) is 18.8 Å². The summed E-state index contributed by atoms with van der Waals surface area (Å²) >= 11 is 0. The Kier molecular flexibility index (Phi) is 3.61. The molecule has 0 bridgehead atoms. The monoisotopic (exact) mass is 193 g/mol. The summed E-state index contributed by atoms with van der Waals surface area (Å²) in [5.74, 6) is 4.20. The summed E-state index contributed by atoms with van der Waals surface area (Å²) in [5.41, 5.74) is 6.37. The lowest BCUT2D eigenvalue weighted by Crippen LogP contribution is -2.38. The molecule has 1 nitrogen and oxygen atoms in total. The Bertz CT molecular complexity index is 218. The Balaban J connectivity index is 2.68. The normalized spacial score (nSPS) is 33.8. The van der Waals surface area contributed by atoms with Crippen LogP contribution in [0.3, 0.4) is 0 Å². The second-order valence-electron chi connectivity index (χ2n) is 5.71. The summed E-state index contributed by atoms with van der Waals surface area (Å²) in [6.45, 7) is 6.95. The summed E-state index contributed by atoms with van der Waals surface area (Å²) in [5, 5.41) is 0. The fraction of sp³-hybridized carbons (Fsp3) is 0.846. The molecule has 1 fully saturated rings. The van der Waals surface area contributed by atoms with Gasteiger partial charge in [-0.2, -0.15) is 0 Å². The van der Waals surface area contributed by atoms with Gasteiger partial charge in [-0.3, -0.25) is 0 Å². The predicted molar refractivity (Wildman–Crippen MR) is 61.7 cm³/mol. The van der Waals surface area contributed by atoms with Crippen LogP contribution in [0.5, 0.6) is 0 Å². The average molecular weight is 193 g/mol. The van der Waals surface area contributed by atoms with Crippen molar-refractivity contribution in [2.24, 2.45) is 23.0 Å². The van der Waals surface area contributed by atoms with Gasteiger partial charge in [0.15, 0.2) is 0 Å². The fourth-order valence-corrected chi connectivity index (χ4v) is 2.82. The summed E-state index contributed by atoms with van der Waals surface area (Å²) < 4.78 is 0. The maximum atomic E-state index is 5.99. The van der Waals surface area contributed by atoms with E-state index in [-0.39, 0.29) is 0 Å². The first-order chi connectivity index (χ1) is 6.45. The Labute approximate surface area is 88.5 Å². The number of hydrogen-bond donors (Lipinski definition) is 1. The van der Waals surface area contributed by atoms with Crippen molar-refractivity contribution in [2.45, 2.75) is 52.5 Å². The van der Waals surface area contributed by atoms with E-state index in [2.05, 4.69) is 26.7 Å². The lowest BCUT2D eigenvalue weighted by Gasteiger charge is -2.41. The van der Waals surface area contributed by atoms with Gasteiger partial charge in [-0.25, -0.2) is 0 Å². The predicted octanol–water partition coefficient (Wildman–Crippen LogP) is 2.80. The number of hydrogen-bond acceptors (Lipinski definition) is 1. The molecule has 0 aliphatic heterocycles. The molecule has 1 heteroatoms. The molecule has 1 aliphatic carbocycles. The molecule has 0 spiro atoms. The van der Waals surface area contributed by atoms with Gasteiger partial charge in [-0.05, 0) is 36.5 Å². The molecule has 14 heavy (non-hydrogen) atoms. The zero-order valence-corrected chi connectivity index (χ0v) is 9.72. The quantitative estimate of drug-likeness (QED) is 0.637. The van der Waals surface area contributed by atoms with Crippen molar-refractivity contribution < 1.29 is 0 Å². The van der Waals surface area contributed by atoms with Gasteiger partial charge < -0.3 is 5.73 Å². The molecule has 2 N–H and O–H groups in total. The van der Waals surface area contributed by atoms with Crippen molar-refractivity contribution >= 4 is 0 Å². The van der Waals surface area contributed by atoms with Crippen LogP contribution in [0.4, 0.5) is 0 Å². The van der Waals surface area contributed by atoms with Crippen LogP contribution >= 0.6 is 0 Å². The Morgan fingerprint density at radius 2 is 2.00 bits per heavy atom. The van der Waals surface area contributed by atoms with Crippen LogP contribution in [0.25, 0.3) is 0 Å². The topological polar surface area (TPSA) is 26.0 Å². The molecule has 0 heterocycles. The van der Waals surface area contributed by atoms with Crippen molar-refractivity contribution in [3.63, 3.8) is 0 Å². The first-order valence-corrected chi connectivity index (χ1v) is 5.64. The highest BCUT2D eigenvalue weighted by molar-refractivity contribution is 4.95. The van der Waals surface area contributed by atoms with Crippen molar-refractivity contribution in [1.82, 2.24) is 0 Å². The van der Waals surface area contributed by atoms with E-state index in [0.29, 0.717) is 17.4 Å². The van der Waals surface area contributed by atoms with Crippen LogP contribution in [0.2, 0.25) is 0 Å². The minimum absolute atomic E-state index is 0.377.